The van der Waals surface area contributed by atoms with Crippen LogP contribution < -0.4 is 10.2 Å². The third-order valence-corrected chi connectivity index (χ3v) is 11.2. The van der Waals surface area contributed by atoms with Crippen LogP contribution in [0, 0.1) is 17.8 Å². The summed E-state index contributed by atoms with van der Waals surface area (Å²) >= 11 is 0. The van der Waals surface area contributed by atoms with E-state index in [1.807, 2.05) is 16.9 Å². The molecule has 250 valence electrons. The highest BCUT2D eigenvalue weighted by Gasteiger charge is 2.37. The van der Waals surface area contributed by atoms with Crippen molar-refractivity contribution in [2.75, 3.05) is 49.5 Å². The van der Waals surface area contributed by atoms with Crippen molar-refractivity contribution < 1.29 is 18.3 Å². The minimum Gasteiger partial charge on any atom is -0.396 e. The van der Waals surface area contributed by atoms with Crippen molar-refractivity contribution in [2.24, 2.45) is 5.92 Å². The Morgan fingerprint density at radius 1 is 0.979 bits per heavy atom. The molecule has 0 amide bonds. The highest BCUT2D eigenvalue weighted by atomic mass is 32.2. The first-order valence-corrected chi connectivity index (χ1v) is 17.9. The van der Waals surface area contributed by atoms with Gasteiger partial charge < -0.3 is 20.1 Å². The number of carbonyl (C=O) groups is 1. The Labute approximate surface area is 279 Å². The van der Waals surface area contributed by atoms with Gasteiger partial charge in [0, 0.05) is 57.4 Å². The van der Waals surface area contributed by atoms with E-state index in [1.54, 1.807) is 24.7 Å². The molecular weight excluding hydrogens is 632 g/mol. The van der Waals surface area contributed by atoms with Crippen LogP contribution in [-0.4, -0.2) is 103 Å². The number of anilines is 3. The minimum absolute atomic E-state index is 0.128. The molecule has 2 saturated heterocycles. The minimum atomic E-state index is -3.49. The van der Waals surface area contributed by atoms with Crippen LogP contribution in [-0.2, 0) is 14.8 Å². The molecule has 3 fully saturated rings. The second-order valence-electron chi connectivity index (χ2n) is 12.6. The first kappa shape index (κ1) is 31.9. The molecule has 2 N–H and O–H groups in total. The lowest BCUT2D eigenvalue weighted by molar-refractivity contribution is -0.109. The second kappa shape index (κ2) is 13.8. The summed E-state index contributed by atoms with van der Waals surface area (Å²) in [7, 11) is -3.49. The number of pyridine rings is 1. The molecule has 1 saturated carbocycles. The summed E-state index contributed by atoms with van der Waals surface area (Å²) in [6, 6.07) is 3.95. The van der Waals surface area contributed by atoms with Crippen molar-refractivity contribution in [3.63, 3.8) is 0 Å². The largest absolute Gasteiger partial charge is 0.396 e. The SMILES string of the molecule is O=CCN1CCC(n2cc(C#Cc3cnc(Nc4ccnc(-c5cnn(S(=O)(=O)C6CC6)c5)n4)cc3N3CCCC(CO)C3)cn2)CC1. The standard InChI is InChI=1S/C33H38N10O4S/c44-15-14-40-12-8-28(9-13-40)42-21-24(17-36-42)3-4-26-18-35-32(16-30(26)41-11-1-2-25(20-41)23-45)38-31-7-10-34-33(39-31)27-19-37-43(22-27)48(46,47)29-5-6-29/h7,10,15-19,21-22,25,28-29,45H,1-2,5-6,8-9,11-14,20,23H2,(H,34,35,38,39). The van der Waals surface area contributed by atoms with Gasteiger partial charge in [0.2, 0.25) is 0 Å². The van der Waals surface area contributed by atoms with Crippen molar-refractivity contribution >= 4 is 33.6 Å². The predicted octanol–water partition coefficient (Wildman–Crippen LogP) is 2.46. The van der Waals surface area contributed by atoms with Gasteiger partial charge in [-0.1, -0.05) is 11.8 Å². The molecule has 0 bridgehead atoms. The first-order valence-electron chi connectivity index (χ1n) is 16.4. The number of aliphatic hydroxyl groups excluding tert-OH is 1. The molecule has 14 nitrogen and oxygen atoms in total. The monoisotopic (exact) mass is 670 g/mol. The Bertz CT molecular complexity index is 1940. The molecule has 15 heteroatoms. The highest BCUT2D eigenvalue weighted by Crippen LogP contribution is 2.31. The maximum absolute atomic E-state index is 12.6. The Hall–Kier alpha value is -4.65. The molecule has 1 atom stereocenters. The van der Waals surface area contributed by atoms with Gasteiger partial charge in [-0.15, -0.1) is 0 Å². The summed E-state index contributed by atoms with van der Waals surface area (Å²) in [5, 5.41) is 21.5. The van der Waals surface area contributed by atoms with Crippen molar-refractivity contribution in [2.45, 2.75) is 49.8 Å². The number of nitrogens with one attached hydrogen (secondary N) is 1. The van der Waals surface area contributed by atoms with E-state index in [9.17, 15) is 18.3 Å². The van der Waals surface area contributed by atoms with Crippen LogP contribution >= 0.6 is 0 Å². The first-order chi connectivity index (χ1) is 23.4. The molecule has 3 aliphatic rings. The van der Waals surface area contributed by atoms with Gasteiger partial charge in [0.15, 0.2) is 5.82 Å². The zero-order valence-corrected chi connectivity index (χ0v) is 27.3. The van der Waals surface area contributed by atoms with Crippen molar-refractivity contribution in [3.8, 4) is 23.2 Å². The Morgan fingerprint density at radius 3 is 2.62 bits per heavy atom. The molecule has 0 radical (unpaired) electrons. The van der Waals surface area contributed by atoms with Gasteiger partial charge in [-0.25, -0.2) is 23.4 Å². The molecular formula is C33H38N10O4S. The molecule has 1 unspecified atom stereocenters. The lowest BCUT2D eigenvalue weighted by Gasteiger charge is -2.34. The molecule has 2 aliphatic heterocycles. The fourth-order valence-electron chi connectivity index (χ4n) is 6.29. The average molecular weight is 671 g/mol. The van der Waals surface area contributed by atoms with Gasteiger partial charge >= 0.3 is 0 Å². The Balaban J connectivity index is 1.11. The van der Waals surface area contributed by atoms with Gasteiger partial charge in [-0.3, -0.25) is 9.58 Å². The van der Waals surface area contributed by atoms with Crippen molar-refractivity contribution in [3.05, 3.63) is 60.4 Å². The van der Waals surface area contributed by atoms with Gasteiger partial charge in [0.05, 0.1) is 58.8 Å². The third-order valence-electron chi connectivity index (χ3n) is 9.14. The molecule has 0 aromatic carbocycles. The number of aldehydes is 1. The number of nitrogens with zero attached hydrogens (tertiary/aromatic N) is 9. The third kappa shape index (κ3) is 7.10. The van der Waals surface area contributed by atoms with Crippen LogP contribution in [0.4, 0.5) is 17.3 Å². The van der Waals surface area contributed by atoms with Gasteiger partial charge in [-0.2, -0.15) is 14.3 Å². The summed E-state index contributed by atoms with van der Waals surface area (Å²) in [5.74, 6) is 8.16. The number of rotatable bonds is 10. The van der Waals surface area contributed by atoms with E-state index < -0.39 is 10.0 Å². The summed E-state index contributed by atoms with van der Waals surface area (Å²) < 4.78 is 28.2. The fraction of sp³-hybridized carbons (Fsp3) is 0.455. The molecule has 7 rings (SSSR count). The molecule has 4 aromatic heterocycles. The van der Waals surface area contributed by atoms with Crippen LogP contribution in [0.2, 0.25) is 0 Å². The van der Waals surface area contributed by atoms with Crippen LogP contribution in [0.15, 0.2) is 49.3 Å². The summed E-state index contributed by atoms with van der Waals surface area (Å²) in [4.78, 5) is 28.9. The van der Waals surface area contributed by atoms with Crippen LogP contribution in [0.1, 0.15) is 55.7 Å². The zero-order chi connectivity index (χ0) is 33.1. The molecule has 1 aliphatic carbocycles. The quantitative estimate of drug-likeness (QED) is 0.187. The van der Waals surface area contributed by atoms with Gasteiger partial charge in [0.25, 0.3) is 10.0 Å². The summed E-state index contributed by atoms with van der Waals surface area (Å²) in [6.07, 6.45) is 16.1. The smallest absolute Gasteiger partial charge is 0.256 e. The Morgan fingerprint density at radius 2 is 1.83 bits per heavy atom. The summed E-state index contributed by atoms with van der Waals surface area (Å²) in [6.45, 7) is 3.89. The molecule has 6 heterocycles. The van der Waals surface area contributed by atoms with Crippen LogP contribution in [0.5, 0.6) is 0 Å². The topological polar surface area (TPSA) is 164 Å². The molecule has 48 heavy (non-hydrogen) atoms. The van der Waals surface area contributed by atoms with E-state index in [-0.39, 0.29) is 23.8 Å². The second-order valence-corrected chi connectivity index (χ2v) is 14.7. The van der Waals surface area contributed by atoms with Crippen molar-refractivity contribution in [1.29, 1.82) is 0 Å². The number of piperidine rings is 2. The lowest BCUT2D eigenvalue weighted by Crippen LogP contribution is -2.37. The number of likely N-dealkylation sites (tertiary alicyclic amines) is 1. The van der Waals surface area contributed by atoms with E-state index in [0.29, 0.717) is 49.0 Å². The van der Waals surface area contributed by atoms with E-state index in [2.05, 4.69) is 52.1 Å². The van der Waals surface area contributed by atoms with Crippen molar-refractivity contribution in [1.82, 2.24) is 38.8 Å². The zero-order valence-electron chi connectivity index (χ0n) is 26.5. The average Bonchev–Trinajstić information content (AvgIpc) is 3.67. The van der Waals surface area contributed by atoms with Crippen LogP contribution in [0.25, 0.3) is 11.4 Å². The fourth-order valence-corrected chi connectivity index (χ4v) is 7.77. The maximum Gasteiger partial charge on any atom is 0.256 e. The highest BCUT2D eigenvalue weighted by molar-refractivity contribution is 7.90. The normalized spacial score (nSPS) is 19.1. The molecule has 4 aromatic rings. The molecule has 0 spiro atoms. The Kier molecular flexibility index (Phi) is 9.20. The number of carbonyl (C=O) groups excluding carboxylic acids is 1. The number of aliphatic hydroxyl groups is 1. The van der Waals surface area contributed by atoms with Crippen LogP contribution in [0.3, 0.4) is 0 Å². The number of hydrogen-bond acceptors (Lipinski definition) is 12. The van der Waals surface area contributed by atoms with E-state index in [4.69, 9.17) is 0 Å². The maximum atomic E-state index is 12.6. The number of hydrogen-bond donors (Lipinski definition) is 2. The van der Waals surface area contributed by atoms with E-state index in [1.165, 1.54) is 12.4 Å². The number of aromatic nitrogens is 7. The van der Waals surface area contributed by atoms with Gasteiger partial charge in [-0.05, 0) is 50.5 Å². The van der Waals surface area contributed by atoms with E-state index >= 15 is 0 Å². The predicted molar refractivity (Wildman–Crippen MR) is 179 cm³/mol. The lowest BCUT2D eigenvalue weighted by atomic mass is 9.98. The van der Waals surface area contributed by atoms with Gasteiger partial charge in [0.1, 0.15) is 17.9 Å². The summed E-state index contributed by atoms with van der Waals surface area (Å²) in [5.41, 5.74) is 2.99. The van der Waals surface area contributed by atoms with E-state index in [0.717, 1.165) is 72.5 Å².